The normalized spacial score (nSPS) is 14.1. The zero-order chi connectivity index (χ0) is 42.8. The molecule has 0 aromatic carbocycles. The lowest BCUT2D eigenvalue weighted by molar-refractivity contribution is -0.142. The van der Waals surface area contributed by atoms with E-state index in [0.29, 0.717) is 50.2 Å². The highest BCUT2D eigenvalue weighted by Crippen LogP contribution is 2.09. The van der Waals surface area contributed by atoms with Gasteiger partial charge in [-0.2, -0.15) is 11.8 Å². The number of aromatic nitrogens is 2. The minimum atomic E-state index is -1.24. The van der Waals surface area contributed by atoms with Crippen molar-refractivity contribution in [1.29, 1.82) is 0 Å². The zero-order valence-corrected chi connectivity index (χ0v) is 33.5. The van der Waals surface area contributed by atoms with Gasteiger partial charge in [0.15, 0.2) is 5.96 Å². The third kappa shape index (κ3) is 20.7. The fraction of sp³-hybridized carbons (Fsp3) is 0.676. The second kappa shape index (κ2) is 28.4. The quantitative estimate of drug-likeness (QED) is 0.0200. The van der Waals surface area contributed by atoms with Gasteiger partial charge in [0, 0.05) is 24.9 Å². The van der Waals surface area contributed by atoms with Crippen molar-refractivity contribution in [2.24, 2.45) is 33.7 Å². The Hall–Kier alpha value is -5.00. The first-order chi connectivity index (χ1) is 27.2. The minimum absolute atomic E-state index is 0.0155. The number of nitrogens with zero attached hydrogens (tertiary/aromatic N) is 2. The summed E-state index contributed by atoms with van der Waals surface area (Å²) >= 11 is 1.42. The number of H-pyrrole nitrogens is 1. The lowest BCUT2D eigenvalue weighted by atomic mass is 10.0. The summed E-state index contributed by atoms with van der Waals surface area (Å²) in [6.45, 7) is 1.81. The summed E-state index contributed by atoms with van der Waals surface area (Å²) in [6, 6.07) is -7.05. The average molecular weight is 827 g/mol. The van der Waals surface area contributed by atoms with Gasteiger partial charge in [-0.05, 0) is 89.8 Å². The molecule has 23 heteroatoms. The second-order valence-corrected chi connectivity index (χ2v) is 14.2. The SMILES string of the molecule is CSCCC(NC(=O)C(Cc1cnc[nH]1)NC(=O)CN)C(=O)NC(C)C(=O)NC(CCCN=C(N)N)C(=O)NC(CCCCN)C(=O)NC(CCCCN)C(=O)O. The number of nitrogens with two attached hydrogens (primary N) is 5. The number of hydrogen-bond acceptors (Lipinski definition) is 13. The number of aliphatic carboxylic acids is 1. The molecule has 0 saturated heterocycles. The van der Waals surface area contributed by atoms with E-state index in [4.69, 9.17) is 28.7 Å². The molecule has 1 rings (SSSR count). The Morgan fingerprint density at radius 2 is 1.23 bits per heavy atom. The number of imidazole rings is 1. The van der Waals surface area contributed by atoms with Gasteiger partial charge in [0.25, 0.3) is 0 Å². The van der Waals surface area contributed by atoms with Gasteiger partial charge in [-0.25, -0.2) is 9.78 Å². The molecule has 0 aliphatic heterocycles. The van der Waals surface area contributed by atoms with Crippen LogP contribution in [0.15, 0.2) is 17.5 Å². The summed E-state index contributed by atoms with van der Waals surface area (Å²) in [7, 11) is 0. The molecule has 22 nitrogen and oxygen atoms in total. The van der Waals surface area contributed by atoms with Crippen LogP contribution in [0.3, 0.4) is 0 Å². The molecular weight excluding hydrogens is 765 g/mol. The maximum absolute atomic E-state index is 13.7. The highest BCUT2D eigenvalue weighted by Gasteiger charge is 2.32. The predicted molar refractivity (Wildman–Crippen MR) is 215 cm³/mol. The molecule has 322 valence electrons. The van der Waals surface area contributed by atoms with Gasteiger partial charge in [-0.15, -0.1) is 0 Å². The molecule has 1 aromatic heterocycles. The molecule has 1 aromatic rings. The lowest BCUT2D eigenvalue weighted by Crippen LogP contribution is -2.59. The Kier molecular flexibility index (Phi) is 24.9. The van der Waals surface area contributed by atoms with Crippen LogP contribution in [0.2, 0.25) is 0 Å². The van der Waals surface area contributed by atoms with Gasteiger partial charge in [-0.3, -0.25) is 33.8 Å². The van der Waals surface area contributed by atoms with E-state index in [1.165, 1.54) is 31.2 Å². The molecule has 1 heterocycles. The van der Waals surface area contributed by atoms with Crippen LogP contribution >= 0.6 is 11.8 Å². The number of aliphatic imine (C=N–C) groups is 1. The number of carbonyl (C=O) groups is 7. The standard InChI is InChI=1S/C34H62N14O8S/c1-20(43-29(51)24(11-15-57-2)47-32(54)26(44-27(49)17-37)16-21-18-40-19-42-21)28(50)45-23(10-7-14-41-34(38)39)30(52)46-22(8-3-5-12-35)31(53)48-25(33(55)56)9-4-6-13-36/h18-20,22-26H,3-17,35-37H2,1-2H3,(H,40,42)(H,43,51)(H,44,49)(H,45,50)(H,46,52)(H,47,54)(H,48,53)(H,55,56)(H4,38,39,41). The molecule has 0 fully saturated rings. The van der Waals surface area contributed by atoms with Crippen molar-refractivity contribution in [2.45, 2.75) is 107 Å². The van der Waals surface area contributed by atoms with E-state index >= 15 is 0 Å². The van der Waals surface area contributed by atoms with E-state index in [-0.39, 0.29) is 57.6 Å². The van der Waals surface area contributed by atoms with Crippen LogP contribution < -0.4 is 60.6 Å². The topological polar surface area (TPSA) is 383 Å². The molecule has 0 spiro atoms. The Bertz CT molecular complexity index is 1450. The first kappa shape index (κ1) is 50.0. The number of nitrogens with one attached hydrogen (secondary N) is 7. The van der Waals surface area contributed by atoms with E-state index in [2.05, 4.69) is 46.9 Å². The Labute approximate surface area is 336 Å². The van der Waals surface area contributed by atoms with Gasteiger partial charge in [-0.1, -0.05) is 0 Å². The van der Waals surface area contributed by atoms with Gasteiger partial charge >= 0.3 is 5.97 Å². The molecule has 18 N–H and O–H groups in total. The summed E-state index contributed by atoms with van der Waals surface area (Å²) in [4.78, 5) is 102. The van der Waals surface area contributed by atoms with Crippen molar-refractivity contribution in [3.8, 4) is 0 Å². The summed E-state index contributed by atoms with van der Waals surface area (Å²) in [6.07, 6.45) is 7.41. The van der Waals surface area contributed by atoms with Crippen LogP contribution in [0.1, 0.15) is 70.4 Å². The van der Waals surface area contributed by atoms with Gasteiger partial charge < -0.3 is 70.7 Å². The first-order valence-corrected chi connectivity index (χ1v) is 20.2. The summed E-state index contributed by atoms with van der Waals surface area (Å²) in [5, 5.41) is 25.2. The Morgan fingerprint density at radius 3 is 1.74 bits per heavy atom. The highest BCUT2D eigenvalue weighted by atomic mass is 32.2. The molecule has 6 amide bonds. The molecule has 0 aliphatic rings. The van der Waals surface area contributed by atoms with Crippen molar-refractivity contribution in [1.82, 2.24) is 41.9 Å². The highest BCUT2D eigenvalue weighted by molar-refractivity contribution is 7.98. The molecule has 57 heavy (non-hydrogen) atoms. The van der Waals surface area contributed by atoms with Crippen molar-refractivity contribution in [3.63, 3.8) is 0 Å². The summed E-state index contributed by atoms with van der Waals surface area (Å²) in [5.74, 6) is -5.15. The number of carbonyl (C=O) groups excluding carboxylic acids is 6. The monoisotopic (exact) mass is 826 g/mol. The summed E-state index contributed by atoms with van der Waals surface area (Å²) in [5.41, 5.74) is 28.0. The maximum atomic E-state index is 13.7. The number of carboxylic acids is 1. The van der Waals surface area contributed by atoms with Crippen molar-refractivity contribution < 1.29 is 38.7 Å². The van der Waals surface area contributed by atoms with Gasteiger partial charge in [0.05, 0.1) is 12.9 Å². The molecular formula is C34H62N14O8S. The minimum Gasteiger partial charge on any atom is -0.480 e. The van der Waals surface area contributed by atoms with Crippen LogP contribution in [0.4, 0.5) is 0 Å². The smallest absolute Gasteiger partial charge is 0.326 e. The third-order valence-electron chi connectivity index (χ3n) is 8.53. The number of amides is 6. The lowest BCUT2D eigenvalue weighted by Gasteiger charge is -2.26. The van der Waals surface area contributed by atoms with Crippen molar-refractivity contribution in [2.75, 3.05) is 38.2 Å². The maximum Gasteiger partial charge on any atom is 0.326 e. The van der Waals surface area contributed by atoms with E-state index in [1.807, 2.05) is 6.26 Å². The molecule has 6 unspecified atom stereocenters. The van der Waals surface area contributed by atoms with Crippen molar-refractivity contribution in [3.05, 3.63) is 18.2 Å². The Morgan fingerprint density at radius 1 is 0.719 bits per heavy atom. The summed E-state index contributed by atoms with van der Waals surface area (Å²) < 4.78 is 0. The number of unbranched alkanes of at least 4 members (excludes halogenated alkanes) is 2. The number of thioether (sulfide) groups is 1. The largest absolute Gasteiger partial charge is 0.480 e. The average Bonchev–Trinajstić information content (AvgIpc) is 3.69. The number of rotatable bonds is 30. The third-order valence-corrected chi connectivity index (χ3v) is 9.18. The number of carboxylic acid groups (broad SMARTS) is 1. The van der Waals surface area contributed by atoms with Crippen LogP contribution in [0, 0.1) is 0 Å². The van der Waals surface area contributed by atoms with E-state index in [1.54, 1.807) is 0 Å². The van der Waals surface area contributed by atoms with E-state index < -0.39 is 77.7 Å². The number of hydrogen-bond donors (Lipinski definition) is 13. The van der Waals surface area contributed by atoms with Gasteiger partial charge in [0.1, 0.15) is 36.3 Å². The van der Waals surface area contributed by atoms with Crippen LogP contribution in [-0.2, 0) is 40.0 Å². The second-order valence-electron chi connectivity index (χ2n) is 13.2. The first-order valence-electron chi connectivity index (χ1n) is 18.8. The predicted octanol–water partition coefficient (Wildman–Crippen LogP) is -4.01. The molecule has 0 radical (unpaired) electrons. The molecule has 0 saturated carbocycles. The fourth-order valence-electron chi connectivity index (χ4n) is 5.36. The Balaban J connectivity index is 3.19. The molecule has 0 aliphatic carbocycles. The fourth-order valence-corrected chi connectivity index (χ4v) is 5.83. The molecule has 0 bridgehead atoms. The van der Waals surface area contributed by atoms with Crippen LogP contribution in [0.25, 0.3) is 0 Å². The van der Waals surface area contributed by atoms with Crippen molar-refractivity contribution >= 4 is 59.1 Å². The van der Waals surface area contributed by atoms with Crippen LogP contribution in [-0.4, -0.2) is 137 Å². The zero-order valence-electron chi connectivity index (χ0n) is 32.7. The van der Waals surface area contributed by atoms with E-state index in [9.17, 15) is 38.7 Å². The van der Waals surface area contributed by atoms with Gasteiger partial charge in [0.2, 0.25) is 35.4 Å². The van der Waals surface area contributed by atoms with E-state index in [0.717, 1.165) is 0 Å². The number of aromatic amines is 1. The number of guanidine groups is 1. The van der Waals surface area contributed by atoms with Crippen LogP contribution in [0.5, 0.6) is 0 Å². The molecule has 6 atom stereocenters.